The van der Waals surface area contributed by atoms with E-state index in [0.717, 1.165) is 48.9 Å². The molecule has 0 radical (unpaired) electrons. The molecule has 1 aromatic heterocycles. The highest BCUT2D eigenvalue weighted by Gasteiger charge is 2.27. The molecule has 5 heteroatoms. The van der Waals surface area contributed by atoms with E-state index in [0.29, 0.717) is 6.10 Å². The second-order valence-corrected chi connectivity index (χ2v) is 4.87. The van der Waals surface area contributed by atoms with Gasteiger partial charge in [0, 0.05) is 32.4 Å². The van der Waals surface area contributed by atoms with Crippen LogP contribution in [0.4, 0.5) is 5.69 Å². The second kappa shape index (κ2) is 5.19. The van der Waals surface area contributed by atoms with E-state index in [1.807, 2.05) is 18.2 Å². The Bertz CT molecular complexity index is 561. The lowest BCUT2D eigenvalue weighted by molar-refractivity contribution is -0.0364. The van der Waals surface area contributed by atoms with E-state index in [1.54, 1.807) is 7.11 Å². The number of rotatable bonds is 5. The molecule has 5 nitrogen and oxygen atoms in total. The summed E-state index contributed by atoms with van der Waals surface area (Å²) in [6.45, 7) is 5.65. The molecule has 19 heavy (non-hydrogen) atoms. The molecule has 3 rings (SSSR count). The topological polar surface area (TPSA) is 50.5 Å². The molecule has 0 atom stereocenters. The van der Waals surface area contributed by atoms with Gasteiger partial charge in [0.05, 0.1) is 12.6 Å². The van der Waals surface area contributed by atoms with Gasteiger partial charge in [0.15, 0.2) is 5.58 Å². The second-order valence-electron chi connectivity index (χ2n) is 4.87. The third-order valence-corrected chi connectivity index (χ3v) is 3.43. The summed E-state index contributed by atoms with van der Waals surface area (Å²) >= 11 is 0. The van der Waals surface area contributed by atoms with Crippen LogP contribution in [-0.4, -0.2) is 42.7 Å². The molecular formula is C14H19N3O2. The van der Waals surface area contributed by atoms with Gasteiger partial charge in [0.1, 0.15) is 5.52 Å². The van der Waals surface area contributed by atoms with Crippen LogP contribution >= 0.6 is 0 Å². The summed E-state index contributed by atoms with van der Waals surface area (Å²) in [6.07, 6.45) is 0.365. The standard InChI is InChI=1S/C14H19N3O2/c1-3-15-10-4-5-13-12(6-10)16-14(19-13)9-17-7-11(8-17)18-2/h4-6,11,15H,3,7-9H2,1-2H3. The van der Waals surface area contributed by atoms with Crippen molar-refractivity contribution in [1.29, 1.82) is 0 Å². The summed E-state index contributed by atoms with van der Waals surface area (Å²) in [4.78, 5) is 6.81. The maximum atomic E-state index is 5.76. The minimum absolute atomic E-state index is 0.365. The number of anilines is 1. The molecule has 1 aliphatic rings. The molecular weight excluding hydrogens is 242 g/mol. The quantitative estimate of drug-likeness (QED) is 0.893. The van der Waals surface area contributed by atoms with Gasteiger partial charge in [0.25, 0.3) is 0 Å². The number of hydrogen-bond donors (Lipinski definition) is 1. The third kappa shape index (κ3) is 2.57. The maximum absolute atomic E-state index is 5.76. The molecule has 0 saturated carbocycles. The zero-order chi connectivity index (χ0) is 13.2. The Balaban J connectivity index is 1.71. The largest absolute Gasteiger partial charge is 0.439 e. The first kappa shape index (κ1) is 12.4. The predicted molar refractivity (Wildman–Crippen MR) is 74.2 cm³/mol. The summed E-state index contributed by atoms with van der Waals surface area (Å²) in [5, 5.41) is 3.28. The van der Waals surface area contributed by atoms with Crippen LogP contribution in [0.5, 0.6) is 0 Å². The lowest BCUT2D eigenvalue weighted by atomic mass is 10.2. The molecule has 1 saturated heterocycles. The molecule has 1 aliphatic heterocycles. The molecule has 102 valence electrons. The molecule has 0 unspecified atom stereocenters. The van der Waals surface area contributed by atoms with Crippen molar-refractivity contribution >= 4 is 16.8 Å². The highest BCUT2D eigenvalue weighted by molar-refractivity contribution is 5.77. The number of likely N-dealkylation sites (tertiary alicyclic amines) is 1. The van der Waals surface area contributed by atoms with Gasteiger partial charge in [-0.25, -0.2) is 4.98 Å². The van der Waals surface area contributed by atoms with Crippen LogP contribution in [0.15, 0.2) is 22.6 Å². The number of nitrogens with zero attached hydrogens (tertiary/aromatic N) is 2. The number of ether oxygens (including phenoxy) is 1. The fraction of sp³-hybridized carbons (Fsp3) is 0.500. The van der Waals surface area contributed by atoms with Crippen molar-refractivity contribution in [3.8, 4) is 0 Å². The smallest absolute Gasteiger partial charge is 0.209 e. The van der Waals surface area contributed by atoms with E-state index in [-0.39, 0.29) is 0 Å². The maximum Gasteiger partial charge on any atom is 0.209 e. The fourth-order valence-electron chi connectivity index (χ4n) is 2.35. The summed E-state index contributed by atoms with van der Waals surface area (Å²) in [6, 6.07) is 6.02. The van der Waals surface area contributed by atoms with E-state index >= 15 is 0 Å². The van der Waals surface area contributed by atoms with Crippen LogP contribution in [0.25, 0.3) is 11.1 Å². The number of hydrogen-bond acceptors (Lipinski definition) is 5. The highest BCUT2D eigenvalue weighted by atomic mass is 16.5. The fourth-order valence-corrected chi connectivity index (χ4v) is 2.35. The zero-order valence-corrected chi connectivity index (χ0v) is 11.3. The third-order valence-electron chi connectivity index (χ3n) is 3.43. The van der Waals surface area contributed by atoms with Gasteiger partial charge >= 0.3 is 0 Å². The number of methoxy groups -OCH3 is 1. The van der Waals surface area contributed by atoms with E-state index in [1.165, 1.54) is 0 Å². The predicted octanol–water partition coefficient (Wildman–Crippen LogP) is 2.09. The van der Waals surface area contributed by atoms with E-state index in [4.69, 9.17) is 9.15 Å². The van der Waals surface area contributed by atoms with Gasteiger partial charge in [-0.3, -0.25) is 4.90 Å². The number of oxazole rings is 1. The Morgan fingerprint density at radius 3 is 3.05 bits per heavy atom. The number of nitrogens with one attached hydrogen (secondary N) is 1. The van der Waals surface area contributed by atoms with Gasteiger partial charge in [0.2, 0.25) is 5.89 Å². The average molecular weight is 261 g/mol. The van der Waals surface area contributed by atoms with Gasteiger partial charge in [-0.05, 0) is 25.1 Å². The van der Waals surface area contributed by atoms with Gasteiger partial charge in [-0.2, -0.15) is 0 Å². The van der Waals surface area contributed by atoms with E-state index < -0.39 is 0 Å². The Labute approximate surface area is 112 Å². The molecule has 0 bridgehead atoms. The minimum Gasteiger partial charge on any atom is -0.439 e. The van der Waals surface area contributed by atoms with E-state index in [9.17, 15) is 0 Å². The lowest BCUT2D eigenvalue weighted by Crippen LogP contribution is -2.50. The highest BCUT2D eigenvalue weighted by Crippen LogP contribution is 2.22. The molecule has 1 N–H and O–H groups in total. The van der Waals surface area contributed by atoms with Crippen molar-refractivity contribution in [2.75, 3.05) is 32.1 Å². The number of fused-ring (bicyclic) bond motifs is 1. The molecule has 0 amide bonds. The SMILES string of the molecule is CCNc1ccc2oc(CN3CC(OC)C3)nc2c1. The van der Waals surface area contributed by atoms with Crippen molar-refractivity contribution < 1.29 is 9.15 Å². The molecule has 2 heterocycles. The van der Waals surface area contributed by atoms with E-state index in [2.05, 4.69) is 22.1 Å². The molecule has 2 aromatic rings. The molecule has 0 aliphatic carbocycles. The van der Waals surface area contributed by atoms with Crippen LogP contribution in [0.2, 0.25) is 0 Å². The summed E-state index contributed by atoms with van der Waals surface area (Å²) < 4.78 is 11.0. The van der Waals surface area contributed by atoms with Crippen LogP contribution in [0, 0.1) is 0 Å². The van der Waals surface area contributed by atoms with Crippen LogP contribution in [-0.2, 0) is 11.3 Å². The summed E-state index contributed by atoms with van der Waals surface area (Å²) in [7, 11) is 1.75. The van der Waals surface area contributed by atoms with Crippen molar-refractivity contribution in [2.24, 2.45) is 0 Å². The number of aromatic nitrogens is 1. The van der Waals surface area contributed by atoms with Gasteiger partial charge in [-0.1, -0.05) is 0 Å². The van der Waals surface area contributed by atoms with Crippen LogP contribution in [0.3, 0.4) is 0 Å². The van der Waals surface area contributed by atoms with Crippen molar-refractivity contribution in [3.63, 3.8) is 0 Å². The van der Waals surface area contributed by atoms with Gasteiger partial charge < -0.3 is 14.5 Å². The Hall–Kier alpha value is -1.59. The first-order valence-corrected chi connectivity index (χ1v) is 6.67. The number of benzene rings is 1. The van der Waals surface area contributed by atoms with Crippen LogP contribution in [0.1, 0.15) is 12.8 Å². The Morgan fingerprint density at radius 2 is 2.32 bits per heavy atom. The summed E-state index contributed by atoms with van der Waals surface area (Å²) in [5.74, 6) is 0.776. The summed E-state index contributed by atoms with van der Waals surface area (Å²) in [5.41, 5.74) is 2.84. The first-order chi connectivity index (χ1) is 9.28. The Morgan fingerprint density at radius 1 is 1.47 bits per heavy atom. The molecule has 1 fully saturated rings. The normalized spacial score (nSPS) is 16.7. The van der Waals surface area contributed by atoms with Crippen molar-refractivity contribution in [2.45, 2.75) is 19.6 Å². The average Bonchev–Trinajstić information content (AvgIpc) is 2.75. The minimum atomic E-state index is 0.365. The Kier molecular flexibility index (Phi) is 3.40. The van der Waals surface area contributed by atoms with Gasteiger partial charge in [-0.15, -0.1) is 0 Å². The monoisotopic (exact) mass is 261 g/mol. The van der Waals surface area contributed by atoms with Crippen LogP contribution < -0.4 is 5.32 Å². The van der Waals surface area contributed by atoms with Crippen molar-refractivity contribution in [1.82, 2.24) is 9.88 Å². The molecule has 1 aromatic carbocycles. The first-order valence-electron chi connectivity index (χ1n) is 6.67. The zero-order valence-electron chi connectivity index (χ0n) is 11.3. The molecule has 0 spiro atoms. The van der Waals surface area contributed by atoms with Crippen molar-refractivity contribution in [3.05, 3.63) is 24.1 Å². The lowest BCUT2D eigenvalue weighted by Gasteiger charge is -2.37.